The Morgan fingerprint density at radius 1 is 0.691 bits per heavy atom. The summed E-state index contributed by atoms with van der Waals surface area (Å²) in [7, 11) is 0. The summed E-state index contributed by atoms with van der Waals surface area (Å²) in [5.74, 6) is -5.04. The van der Waals surface area contributed by atoms with Gasteiger partial charge in [0.2, 0.25) is 23.5 Å². The van der Waals surface area contributed by atoms with Crippen LogP contribution in [0, 0.1) is 24.7 Å². The van der Waals surface area contributed by atoms with E-state index in [2.05, 4.69) is 20.8 Å². The molecule has 14 nitrogen and oxygen atoms in total. The third kappa shape index (κ3) is 14.2. The highest BCUT2D eigenvalue weighted by Crippen LogP contribution is 2.23. The molecule has 3 aromatic rings. The fraction of sp³-hybridized carbons (Fsp3) is 0.500. The molecule has 0 unspecified atom stereocenters. The molecule has 2 amide bonds. The summed E-state index contributed by atoms with van der Waals surface area (Å²) in [4.78, 5) is 79.8. The van der Waals surface area contributed by atoms with E-state index < -0.39 is 47.4 Å². The molecule has 2 aromatic carbocycles. The number of unbranched alkanes of at least 4 members (excludes halogenated alkanes) is 2. The van der Waals surface area contributed by atoms with Gasteiger partial charge in [-0.25, -0.2) is 0 Å². The number of hydrogen-bond donors (Lipinski definition) is 5. The summed E-state index contributed by atoms with van der Waals surface area (Å²) in [6.07, 6.45) is 2.35. The number of nitrogens with one attached hydrogen (secondary N) is 2. The monoisotopic (exact) mass is 779 g/mol. The van der Waals surface area contributed by atoms with E-state index in [1.165, 1.54) is 0 Å². The Balaban J connectivity index is 1.63. The SMILES string of the molecule is Cc1nnc(C(=O)[C@H](C)CC(=O)[C@H](CCCCN)NC(=O)[C@H](C)CC(=O)[C@H](CCCCN)NC(=O)[C@H](CN)CC(=O)c2ccc(-c3ccc(Cl)cc3)cc2)o1. The molecule has 0 fully saturated rings. The second kappa shape index (κ2) is 22.7. The van der Waals surface area contributed by atoms with Crippen LogP contribution >= 0.6 is 11.6 Å². The topological polar surface area (TPSA) is 243 Å². The van der Waals surface area contributed by atoms with E-state index in [0.29, 0.717) is 55.8 Å². The molecule has 0 aliphatic carbocycles. The average Bonchev–Trinajstić information content (AvgIpc) is 3.61. The minimum atomic E-state index is -0.945. The Morgan fingerprint density at radius 2 is 1.20 bits per heavy atom. The van der Waals surface area contributed by atoms with Crippen LogP contribution in [-0.2, 0) is 19.2 Å². The molecule has 298 valence electrons. The number of aromatic nitrogens is 2. The standard InChI is InChI=1S/C40H54ClN7O7/c1-24(37(52)40-48-47-26(3)55-40)20-35(50)32(8-4-6-18-42)45-38(53)25(2)21-36(51)33(9-5-7-19-43)46-39(54)30(23-44)22-34(49)29-12-10-27(11-13-29)28-14-16-31(41)17-15-28/h10-17,24-25,30,32-33H,4-9,18-23,42-44H2,1-3H3,(H,45,53)(H,46,54)/t24-,25-,30+,32+,33+/m1/s1. The number of carbonyl (C=O) groups is 6. The van der Waals surface area contributed by atoms with Crippen LogP contribution in [0.25, 0.3) is 11.1 Å². The minimum Gasteiger partial charge on any atom is -0.419 e. The maximum atomic E-state index is 13.6. The molecule has 1 aromatic heterocycles. The van der Waals surface area contributed by atoms with Gasteiger partial charge < -0.3 is 32.3 Å². The van der Waals surface area contributed by atoms with Crippen molar-refractivity contribution in [3.63, 3.8) is 0 Å². The lowest BCUT2D eigenvalue weighted by molar-refractivity contribution is -0.134. The van der Waals surface area contributed by atoms with Crippen molar-refractivity contribution < 1.29 is 33.2 Å². The van der Waals surface area contributed by atoms with E-state index in [1.54, 1.807) is 45.0 Å². The minimum absolute atomic E-state index is 0.124. The molecule has 0 spiro atoms. The van der Waals surface area contributed by atoms with E-state index in [9.17, 15) is 28.8 Å². The first-order chi connectivity index (χ1) is 26.3. The fourth-order valence-electron chi connectivity index (χ4n) is 6.01. The molecule has 15 heteroatoms. The molecule has 5 atom stereocenters. The first-order valence-corrected chi connectivity index (χ1v) is 19.2. The van der Waals surface area contributed by atoms with Gasteiger partial charge in [-0.3, -0.25) is 28.8 Å². The molecule has 0 aliphatic rings. The van der Waals surface area contributed by atoms with Gasteiger partial charge in [0, 0.05) is 55.2 Å². The Labute approximate surface area is 327 Å². The van der Waals surface area contributed by atoms with E-state index in [-0.39, 0.29) is 61.4 Å². The summed E-state index contributed by atoms with van der Waals surface area (Å²) in [6, 6.07) is 12.5. The summed E-state index contributed by atoms with van der Waals surface area (Å²) in [6.45, 7) is 5.36. The lowest BCUT2D eigenvalue weighted by atomic mass is 9.92. The first kappa shape index (κ1) is 44.8. The number of amides is 2. The molecule has 0 radical (unpaired) electrons. The zero-order valence-electron chi connectivity index (χ0n) is 31.9. The van der Waals surface area contributed by atoms with Crippen LogP contribution in [0.1, 0.15) is 98.6 Å². The van der Waals surface area contributed by atoms with Crippen molar-refractivity contribution in [3.05, 3.63) is 70.9 Å². The Kier molecular flexibility index (Phi) is 18.5. The number of benzene rings is 2. The number of nitrogens with two attached hydrogens (primary N) is 3. The largest absolute Gasteiger partial charge is 0.419 e. The molecule has 1 heterocycles. The van der Waals surface area contributed by atoms with Crippen LogP contribution in [0.5, 0.6) is 0 Å². The van der Waals surface area contributed by atoms with Crippen LogP contribution in [-0.4, -0.2) is 76.9 Å². The van der Waals surface area contributed by atoms with Crippen molar-refractivity contribution in [2.45, 2.75) is 90.6 Å². The number of halogens is 1. The number of hydrogen-bond acceptors (Lipinski definition) is 12. The molecule has 55 heavy (non-hydrogen) atoms. The molecule has 3 rings (SSSR count). The first-order valence-electron chi connectivity index (χ1n) is 18.8. The summed E-state index contributed by atoms with van der Waals surface area (Å²) >= 11 is 5.99. The lowest BCUT2D eigenvalue weighted by Gasteiger charge is -2.24. The smallest absolute Gasteiger partial charge is 0.284 e. The number of ketones is 4. The average molecular weight is 780 g/mol. The summed E-state index contributed by atoms with van der Waals surface area (Å²) < 4.78 is 5.21. The van der Waals surface area contributed by atoms with Gasteiger partial charge in [0.1, 0.15) is 0 Å². The van der Waals surface area contributed by atoms with Crippen molar-refractivity contribution in [1.29, 1.82) is 0 Å². The number of Topliss-reactive ketones (excluding diaryl/α,β-unsaturated/α-hetero) is 4. The normalized spacial score (nSPS) is 13.9. The Bertz CT molecular complexity index is 1750. The third-order valence-electron chi connectivity index (χ3n) is 9.42. The second-order valence-electron chi connectivity index (χ2n) is 14.0. The van der Waals surface area contributed by atoms with E-state index >= 15 is 0 Å². The lowest BCUT2D eigenvalue weighted by Crippen LogP contribution is -2.47. The molecule has 0 saturated carbocycles. The van der Waals surface area contributed by atoms with Crippen molar-refractivity contribution in [2.75, 3.05) is 19.6 Å². The van der Waals surface area contributed by atoms with Gasteiger partial charge in [0.25, 0.3) is 5.89 Å². The van der Waals surface area contributed by atoms with Crippen LogP contribution in [0.2, 0.25) is 5.02 Å². The zero-order chi connectivity index (χ0) is 40.5. The highest BCUT2D eigenvalue weighted by atomic mass is 35.5. The number of carbonyl (C=O) groups excluding carboxylic acids is 6. The maximum Gasteiger partial charge on any atom is 0.284 e. The molecule has 0 bridgehead atoms. The van der Waals surface area contributed by atoms with Gasteiger partial charge >= 0.3 is 0 Å². The highest BCUT2D eigenvalue weighted by molar-refractivity contribution is 6.30. The maximum absolute atomic E-state index is 13.6. The van der Waals surface area contributed by atoms with Crippen LogP contribution in [0.15, 0.2) is 52.9 Å². The third-order valence-corrected chi connectivity index (χ3v) is 9.67. The van der Waals surface area contributed by atoms with Gasteiger partial charge in [0.05, 0.1) is 18.0 Å². The van der Waals surface area contributed by atoms with Crippen LogP contribution in [0.4, 0.5) is 0 Å². The molecule has 0 aliphatic heterocycles. The van der Waals surface area contributed by atoms with Crippen molar-refractivity contribution >= 4 is 46.5 Å². The summed E-state index contributed by atoms with van der Waals surface area (Å²) in [5.41, 5.74) is 19.5. The molecular weight excluding hydrogens is 726 g/mol. The summed E-state index contributed by atoms with van der Waals surface area (Å²) in [5, 5.41) is 13.6. The zero-order valence-corrected chi connectivity index (χ0v) is 32.6. The van der Waals surface area contributed by atoms with Gasteiger partial charge in [-0.15, -0.1) is 10.2 Å². The van der Waals surface area contributed by atoms with E-state index in [4.69, 9.17) is 33.2 Å². The Morgan fingerprint density at radius 3 is 1.69 bits per heavy atom. The Hall–Kier alpha value is -4.63. The fourth-order valence-corrected chi connectivity index (χ4v) is 6.14. The quantitative estimate of drug-likeness (QED) is 0.0602. The number of nitrogens with zero attached hydrogens (tertiary/aromatic N) is 2. The van der Waals surface area contributed by atoms with Gasteiger partial charge in [-0.2, -0.15) is 0 Å². The predicted octanol–water partition coefficient (Wildman–Crippen LogP) is 4.15. The molecule has 8 N–H and O–H groups in total. The van der Waals surface area contributed by atoms with Crippen LogP contribution in [0.3, 0.4) is 0 Å². The van der Waals surface area contributed by atoms with Crippen molar-refractivity contribution in [1.82, 2.24) is 20.8 Å². The van der Waals surface area contributed by atoms with Crippen molar-refractivity contribution in [2.24, 2.45) is 35.0 Å². The number of rotatable bonds is 25. The predicted molar refractivity (Wildman–Crippen MR) is 209 cm³/mol. The van der Waals surface area contributed by atoms with Crippen LogP contribution < -0.4 is 27.8 Å². The second-order valence-corrected chi connectivity index (χ2v) is 14.4. The van der Waals surface area contributed by atoms with E-state index in [0.717, 1.165) is 11.1 Å². The van der Waals surface area contributed by atoms with Gasteiger partial charge in [0.15, 0.2) is 17.3 Å². The van der Waals surface area contributed by atoms with E-state index in [1.807, 2.05) is 24.3 Å². The number of aryl methyl sites for hydroxylation is 1. The molecule has 0 saturated heterocycles. The van der Waals surface area contributed by atoms with Crippen molar-refractivity contribution in [3.8, 4) is 11.1 Å². The highest BCUT2D eigenvalue weighted by Gasteiger charge is 2.31. The molecular formula is C40H54ClN7O7. The van der Waals surface area contributed by atoms with Gasteiger partial charge in [-0.05, 0) is 74.9 Å². The van der Waals surface area contributed by atoms with Gasteiger partial charge in [-0.1, -0.05) is 61.8 Å².